The highest BCUT2D eigenvalue weighted by molar-refractivity contribution is 5.88. The fourth-order valence-electron chi connectivity index (χ4n) is 2.10. The zero-order valence-electron chi connectivity index (χ0n) is 9.76. The summed E-state index contributed by atoms with van der Waals surface area (Å²) in [6.07, 6.45) is 1.35. The van der Waals surface area contributed by atoms with Crippen molar-refractivity contribution in [1.29, 1.82) is 0 Å². The molecule has 5 heteroatoms. The molecule has 1 saturated heterocycles. The number of aryl methyl sites for hydroxylation is 1. The average Bonchev–Trinajstić information content (AvgIpc) is 2.28. The van der Waals surface area contributed by atoms with Crippen LogP contribution in [0.1, 0.15) is 28.9 Å². The molecule has 0 spiro atoms. The third kappa shape index (κ3) is 2.74. The van der Waals surface area contributed by atoms with Crippen LogP contribution in [-0.2, 0) is 0 Å². The Morgan fingerprint density at radius 2 is 2.29 bits per heavy atom. The standard InChI is InChI=1S/C12H16N2O3/c1-8-5-9(12(16)17)6-11(13-8)14-4-2-3-10(15)7-14/h5-6,10,15H,2-4,7H2,1H3,(H,16,17). The number of nitrogens with zero attached hydrogens (tertiary/aromatic N) is 2. The Morgan fingerprint density at radius 3 is 2.94 bits per heavy atom. The van der Waals surface area contributed by atoms with Crippen LogP contribution in [0.4, 0.5) is 5.82 Å². The van der Waals surface area contributed by atoms with Crippen LogP contribution < -0.4 is 4.90 Å². The van der Waals surface area contributed by atoms with Gasteiger partial charge in [0.15, 0.2) is 0 Å². The highest BCUT2D eigenvalue weighted by Crippen LogP contribution is 2.20. The Hall–Kier alpha value is -1.62. The van der Waals surface area contributed by atoms with E-state index >= 15 is 0 Å². The number of piperidine rings is 1. The van der Waals surface area contributed by atoms with E-state index in [9.17, 15) is 9.90 Å². The Kier molecular flexibility index (Phi) is 3.28. The van der Waals surface area contributed by atoms with E-state index < -0.39 is 5.97 Å². The van der Waals surface area contributed by atoms with Gasteiger partial charge in [-0.3, -0.25) is 0 Å². The van der Waals surface area contributed by atoms with Gasteiger partial charge in [-0.1, -0.05) is 0 Å². The molecule has 1 fully saturated rings. The fourth-order valence-corrected chi connectivity index (χ4v) is 2.10. The lowest BCUT2D eigenvalue weighted by atomic mass is 10.1. The number of hydrogen-bond acceptors (Lipinski definition) is 4. The van der Waals surface area contributed by atoms with E-state index in [-0.39, 0.29) is 11.7 Å². The van der Waals surface area contributed by atoms with Crippen molar-refractivity contribution in [3.63, 3.8) is 0 Å². The minimum Gasteiger partial charge on any atom is -0.478 e. The van der Waals surface area contributed by atoms with Crippen LogP contribution in [0.3, 0.4) is 0 Å². The molecule has 0 aliphatic carbocycles. The maximum Gasteiger partial charge on any atom is 0.335 e. The van der Waals surface area contributed by atoms with Crippen LogP contribution in [0.25, 0.3) is 0 Å². The molecule has 2 rings (SSSR count). The van der Waals surface area contributed by atoms with E-state index in [1.165, 1.54) is 0 Å². The number of carboxylic acid groups (broad SMARTS) is 1. The molecule has 1 unspecified atom stereocenters. The molecule has 0 radical (unpaired) electrons. The first-order valence-electron chi connectivity index (χ1n) is 5.71. The quantitative estimate of drug-likeness (QED) is 0.803. The molecular formula is C12H16N2O3. The molecule has 0 saturated carbocycles. The van der Waals surface area contributed by atoms with Crippen molar-refractivity contribution >= 4 is 11.8 Å². The molecule has 5 nitrogen and oxygen atoms in total. The second-order valence-electron chi connectivity index (χ2n) is 4.40. The van der Waals surface area contributed by atoms with Gasteiger partial charge in [0.2, 0.25) is 0 Å². The number of aromatic nitrogens is 1. The molecular weight excluding hydrogens is 220 g/mol. The zero-order valence-corrected chi connectivity index (χ0v) is 9.76. The van der Waals surface area contributed by atoms with Crippen LogP contribution in [-0.4, -0.2) is 40.4 Å². The second-order valence-corrected chi connectivity index (χ2v) is 4.40. The number of hydrogen-bond donors (Lipinski definition) is 2. The van der Waals surface area contributed by atoms with Crippen LogP contribution >= 0.6 is 0 Å². The van der Waals surface area contributed by atoms with Gasteiger partial charge >= 0.3 is 5.97 Å². The summed E-state index contributed by atoms with van der Waals surface area (Å²) in [5.74, 6) is -0.310. The monoisotopic (exact) mass is 236 g/mol. The van der Waals surface area contributed by atoms with Crippen molar-refractivity contribution in [1.82, 2.24) is 4.98 Å². The van der Waals surface area contributed by atoms with Crippen molar-refractivity contribution < 1.29 is 15.0 Å². The number of anilines is 1. The van der Waals surface area contributed by atoms with Crippen LogP contribution in [0.2, 0.25) is 0 Å². The van der Waals surface area contributed by atoms with Crippen molar-refractivity contribution in [3.8, 4) is 0 Å². The third-order valence-corrected chi connectivity index (χ3v) is 2.91. The van der Waals surface area contributed by atoms with Crippen molar-refractivity contribution in [2.24, 2.45) is 0 Å². The first kappa shape index (κ1) is 11.9. The number of β-amino-alcohol motifs (C(OH)–C–C–N with tert-alkyl or cyclic N) is 1. The minimum atomic E-state index is -0.950. The van der Waals surface area contributed by atoms with E-state index in [0.29, 0.717) is 18.1 Å². The van der Waals surface area contributed by atoms with Crippen molar-refractivity contribution in [2.75, 3.05) is 18.0 Å². The average molecular weight is 236 g/mol. The topological polar surface area (TPSA) is 73.7 Å². The SMILES string of the molecule is Cc1cc(C(=O)O)cc(N2CCCC(O)C2)n1. The number of aliphatic hydroxyl groups excluding tert-OH is 1. The molecule has 17 heavy (non-hydrogen) atoms. The van der Waals surface area contributed by atoms with E-state index in [2.05, 4.69) is 4.98 Å². The molecule has 1 aromatic rings. The van der Waals surface area contributed by atoms with Gasteiger partial charge in [-0.25, -0.2) is 9.78 Å². The molecule has 2 heterocycles. The van der Waals surface area contributed by atoms with E-state index in [0.717, 1.165) is 19.4 Å². The molecule has 2 N–H and O–H groups in total. The molecule has 92 valence electrons. The van der Waals surface area contributed by atoms with Crippen molar-refractivity contribution in [3.05, 3.63) is 23.4 Å². The Labute approximate surface area is 99.7 Å². The van der Waals surface area contributed by atoms with Crippen LogP contribution in [0.15, 0.2) is 12.1 Å². The predicted molar refractivity (Wildman–Crippen MR) is 63.4 cm³/mol. The van der Waals surface area contributed by atoms with E-state index in [1.807, 2.05) is 4.90 Å². The minimum absolute atomic E-state index is 0.243. The number of carboxylic acids is 1. The first-order valence-corrected chi connectivity index (χ1v) is 5.71. The van der Waals surface area contributed by atoms with E-state index in [1.54, 1.807) is 19.1 Å². The maximum atomic E-state index is 11.0. The lowest BCUT2D eigenvalue weighted by Gasteiger charge is -2.31. The Bertz CT molecular complexity index is 434. The number of pyridine rings is 1. The molecule has 0 amide bonds. The van der Waals surface area contributed by atoms with Gasteiger partial charge in [0.05, 0.1) is 11.7 Å². The summed E-state index contributed by atoms with van der Waals surface area (Å²) in [6, 6.07) is 3.11. The van der Waals surface area contributed by atoms with Gasteiger partial charge in [0.1, 0.15) is 5.82 Å². The number of aromatic carboxylic acids is 1. The molecule has 0 bridgehead atoms. The van der Waals surface area contributed by atoms with Gasteiger partial charge in [-0.2, -0.15) is 0 Å². The molecule has 1 aromatic heterocycles. The molecule has 0 aromatic carbocycles. The highest BCUT2D eigenvalue weighted by Gasteiger charge is 2.20. The van der Waals surface area contributed by atoms with Gasteiger partial charge in [0, 0.05) is 18.8 Å². The van der Waals surface area contributed by atoms with Crippen LogP contribution in [0, 0.1) is 6.92 Å². The summed E-state index contributed by atoms with van der Waals surface area (Å²) >= 11 is 0. The summed E-state index contributed by atoms with van der Waals surface area (Å²) in [4.78, 5) is 17.2. The van der Waals surface area contributed by atoms with Crippen LogP contribution in [0.5, 0.6) is 0 Å². The fraction of sp³-hybridized carbons (Fsp3) is 0.500. The second kappa shape index (κ2) is 4.71. The Morgan fingerprint density at radius 1 is 1.53 bits per heavy atom. The van der Waals surface area contributed by atoms with Gasteiger partial charge < -0.3 is 15.1 Å². The molecule has 1 aliphatic rings. The predicted octanol–water partition coefficient (Wildman–Crippen LogP) is 1.05. The summed E-state index contributed by atoms with van der Waals surface area (Å²) in [6.45, 7) is 3.11. The summed E-state index contributed by atoms with van der Waals surface area (Å²) in [7, 11) is 0. The summed E-state index contributed by atoms with van der Waals surface area (Å²) in [5, 5.41) is 18.6. The smallest absolute Gasteiger partial charge is 0.335 e. The summed E-state index contributed by atoms with van der Waals surface area (Å²) in [5.41, 5.74) is 0.924. The first-order chi connectivity index (χ1) is 8.06. The van der Waals surface area contributed by atoms with Gasteiger partial charge in [-0.05, 0) is 31.9 Å². The number of rotatable bonds is 2. The van der Waals surface area contributed by atoms with Gasteiger partial charge in [-0.15, -0.1) is 0 Å². The Balaban J connectivity index is 2.28. The zero-order chi connectivity index (χ0) is 12.4. The van der Waals surface area contributed by atoms with E-state index in [4.69, 9.17) is 5.11 Å². The lowest BCUT2D eigenvalue weighted by molar-refractivity contribution is 0.0696. The normalized spacial score (nSPS) is 20.4. The van der Waals surface area contributed by atoms with Crippen molar-refractivity contribution in [2.45, 2.75) is 25.9 Å². The van der Waals surface area contributed by atoms with Gasteiger partial charge in [0.25, 0.3) is 0 Å². The lowest BCUT2D eigenvalue weighted by Crippen LogP contribution is -2.38. The number of aliphatic hydroxyl groups is 1. The molecule has 1 atom stereocenters. The number of carbonyl (C=O) groups is 1. The summed E-state index contributed by atoms with van der Waals surface area (Å²) < 4.78 is 0. The third-order valence-electron chi connectivity index (χ3n) is 2.91. The highest BCUT2D eigenvalue weighted by atomic mass is 16.4. The maximum absolute atomic E-state index is 11.0. The largest absolute Gasteiger partial charge is 0.478 e. The molecule has 1 aliphatic heterocycles.